The molecule has 5 nitrogen and oxygen atoms in total. The Labute approximate surface area is 135 Å². The number of para-hydroxylation sites is 1. The summed E-state index contributed by atoms with van der Waals surface area (Å²) < 4.78 is 0. The van der Waals surface area contributed by atoms with Crippen LogP contribution in [0.4, 0.5) is 5.69 Å². The van der Waals surface area contributed by atoms with Crippen LogP contribution in [0.5, 0.6) is 0 Å². The van der Waals surface area contributed by atoms with E-state index in [0.717, 1.165) is 5.56 Å². The Morgan fingerprint density at radius 3 is 2.00 bits per heavy atom. The summed E-state index contributed by atoms with van der Waals surface area (Å²) in [7, 11) is 0. The molecule has 2 amide bonds. The highest BCUT2D eigenvalue weighted by Crippen LogP contribution is 2.07. The van der Waals surface area contributed by atoms with Gasteiger partial charge in [0.05, 0.1) is 5.70 Å². The first-order valence-electron chi connectivity index (χ1n) is 7.29. The molecule has 0 saturated carbocycles. The van der Waals surface area contributed by atoms with E-state index in [9.17, 15) is 9.59 Å². The van der Waals surface area contributed by atoms with Gasteiger partial charge in [-0.05, 0) is 17.7 Å². The monoisotopic (exact) mass is 309 g/mol. The molecule has 2 rings (SSSR count). The molecular formula is C18H19N3O2. The van der Waals surface area contributed by atoms with Crippen LogP contribution in [0.15, 0.2) is 67.2 Å². The lowest BCUT2D eigenvalue weighted by Gasteiger charge is -2.11. The first kappa shape index (κ1) is 16.3. The van der Waals surface area contributed by atoms with Crippen molar-refractivity contribution < 1.29 is 9.59 Å². The number of carbonyl (C=O) groups is 2. The highest BCUT2D eigenvalue weighted by Gasteiger charge is 2.07. The Hall–Kier alpha value is -3.08. The van der Waals surface area contributed by atoms with Gasteiger partial charge in [0.2, 0.25) is 11.8 Å². The fourth-order valence-electron chi connectivity index (χ4n) is 1.89. The molecule has 0 aromatic heterocycles. The van der Waals surface area contributed by atoms with Gasteiger partial charge in [-0.2, -0.15) is 0 Å². The second-order valence-electron chi connectivity index (χ2n) is 4.93. The van der Waals surface area contributed by atoms with Crippen molar-refractivity contribution in [3.8, 4) is 0 Å². The number of nitrogens with one attached hydrogen (secondary N) is 3. The number of benzene rings is 2. The zero-order valence-corrected chi connectivity index (χ0v) is 12.7. The smallest absolute Gasteiger partial charge is 0.238 e. The molecule has 2 aromatic rings. The van der Waals surface area contributed by atoms with Crippen LogP contribution >= 0.6 is 0 Å². The van der Waals surface area contributed by atoms with Gasteiger partial charge in [0.1, 0.15) is 0 Å². The molecule has 2 aromatic carbocycles. The summed E-state index contributed by atoms with van der Waals surface area (Å²) in [5, 5.41) is 2.73. The summed E-state index contributed by atoms with van der Waals surface area (Å²) in [6.07, 6.45) is 0.202. The highest BCUT2D eigenvalue weighted by atomic mass is 16.2. The molecule has 0 aliphatic heterocycles. The molecule has 0 bridgehead atoms. The second kappa shape index (κ2) is 8.38. The Balaban J connectivity index is 1.69. The molecule has 0 heterocycles. The van der Waals surface area contributed by atoms with Crippen LogP contribution in [0, 0.1) is 0 Å². The third-order valence-electron chi connectivity index (χ3n) is 3.11. The van der Waals surface area contributed by atoms with E-state index in [2.05, 4.69) is 22.7 Å². The largest absolute Gasteiger partial charge is 0.326 e. The number of carbonyl (C=O) groups excluding carboxylic acids is 2. The maximum Gasteiger partial charge on any atom is 0.238 e. The van der Waals surface area contributed by atoms with Gasteiger partial charge in [-0.25, -0.2) is 0 Å². The number of hydrogen-bond donors (Lipinski definition) is 3. The second-order valence-corrected chi connectivity index (χ2v) is 4.93. The summed E-state index contributed by atoms with van der Waals surface area (Å²) in [4.78, 5) is 23.5. The minimum absolute atomic E-state index is 0.0910. The predicted molar refractivity (Wildman–Crippen MR) is 91.1 cm³/mol. The average molecular weight is 309 g/mol. The average Bonchev–Trinajstić information content (AvgIpc) is 2.59. The van der Waals surface area contributed by atoms with Crippen LogP contribution in [0.2, 0.25) is 0 Å². The van der Waals surface area contributed by atoms with Gasteiger partial charge in [0.15, 0.2) is 0 Å². The SMILES string of the molecule is C=C(NNC(=O)CCC(=O)Nc1ccccc1)c1ccccc1. The fourth-order valence-corrected chi connectivity index (χ4v) is 1.89. The Kier molecular flexibility index (Phi) is 5.94. The molecule has 0 unspecified atom stereocenters. The number of amides is 2. The molecule has 5 heteroatoms. The van der Waals surface area contributed by atoms with Crippen LogP contribution in [-0.4, -0.2) is 11.8 Å². The molecule has 3 N–H and O–H groups in total. The van der Waals surface area contributed by atoms with Gasteiger partial charge in [-0.1, -0.05) is 55.1 Å². The van der Waals surface area contributed by atoms with Crippen LogP contribution in [0.25, 0.3) is 5.70 Å². The van der Waals surface area contributed by atoms with Crippen LogP contribution < -0.4 is 16.2 Å². The van der Waals surface area contributed by atoms with Crippen LogP contribution in [-0.2, 0) is 9.59 Å². The lowest BCUT2D eigenvalue weighted by molar-refractivity contribution is -0.124. The highest BCUT2D eigenvalue weighted by molar-refractivity contribution is 5.93. The number of hydrazine groups is 1. The first-order valence-corrected chi connectivity index (χ1v) is 7.29. The van der Waals surface area contributed by atoms with E-state index in [1.165, 1.54) is 0 Å². The molecule has 0 aliphatic carbocycles. The van der Waals surface area contributed by atoms with Gasteiger partial charge in [-0.15, -0.1) is 0 Å². The lowest BCUT2D eigenvalue weighted by atomic mass is 10.2. The topological polar surface area (TPSA) is 70.2 Å². The van der Waals surface area contributed by atoms with Gasteiger partial charge in [0, 0.05) is 18.5 Å². The molecule has 0 atom stereocenters. The Morgan fingerprint density at radius 2 is 1.35 bits per heavy atom. The quantitative estimate of drug-likeness (QED) is 0.689. The minimum atomic E-state index is -0.273. The number of rotatable bonds is 7. The van der Waals surface area contributed by atoms with Crippen molar-refractivity contribution in [2.24, 2.45) is 0 Å². The summed E-state index contributed by atoms with van der Waals surface area (Å²) in [5.41, 5.74) is 7.47. The van der Waals surface area contributed by atoms with Crippen molar-refractivity contribution in [3.05, 3.63) is 72.8 Å². The third kappa shape index (κ3) is 5.67. The van der Waals surface area contributed by atoms with Crippen molar-refractivity contribution in [2.75, 3.05) is 5.32 Å². The predicted octanol–water partition coefficient (Wildman–Crippen LogP) is 2.70. The van der Waals surface area contributed by atoms with E-state index >= 15 is 0 Å². The van der Waals surface area contributed by atoms with Crippen molar-refractivity contribution in [2.45, 2.75) is 12.8 Å². The van der Waals surface area contributed by atoms with Crippen LogP contribution in [0.1, 0.15) is 18.4 Å². The maximum atomic E-state index is 11.7. The molecule has 23 heavy (non-hydrogen) atoms. The normalized spacial score (nSPS) is 9.74. The summed E-state index contributed by atoms with van der Waals surface area (Å²) in [5.74, 6) is -0.474. The zero-order chi connectivity index (χ0) is 16.5. The zero-order valence-electron chi connectivity index (χ0n) is 12.7. The summed E-state index contributed by atoms with van der Waals surface area (Å²) >= 11 is 0. The van der Waals surface area contributed by atoms with Gasteiger partial charge in [-0.3, -0.25) is 20.4 Å². The van der Waals surface area contributed by atoms with E-state index in [4.69, 9.17) is 0 Å². The number of hydrogen-bond acceptors (Lipinski definition) is 3. The maximum absolute atomic E-state index is 11.7. The van der Waals surface area contributed by atoms with E-state index in [1.54, 1.807) is 12.1 Å². The third-order valence-corrected chi connectivity index (χ3v) is 3.11. The lowest BCUT2D eigenvalue weighted by Crippen LogP contribution is -2.36. The molecule has 0 aliphatic rings. The van der Waals surface area contributed by atoms with E-state index in [-0.39, 0.29) is 24.7 Å². The Morgan fingerprint density at radius 1 is 0.783 bits per heavy atom. The molecule has 0 spiro atoms. The molecule has 118 valence electrons. The van der Waals surface area contributed by atoms with Crippen molar-refractivity contribution in [3.63, 3.8) is 0 Å². The Bertz CT molecular complexity index is 669. The van der Waals surface area contributed by atoms with Crippen molar-refractivity contribution in [1.29, 1.82) is 0 Å². The van der Waals surface area contributed by atoms with Crippen LogP contribution in [0.3, 0.4) is 0 Å². The van der Waals surface area contributed by atoms with Crippen molar-refractivity contribution >= 4 is 23.2 Å². The summed E-state index contributed by atoms with van der Waals surface area (Å²) in [6, 6.07) is 18.6. The molecular weight excluding hydrogens is 290 g/mol. The van der Waals surface area contributed by atoms with Gasteiger partial charge < -0.3 is 5.32 Å². The molecule has 0 radical (unpaired) electrons. The van der Waals surface area contributed by atoms with E-state index < -0.39 is 0 Å². The summed E-state index contributed by atoms with van der Waals surface area (Å²) in [6.45, 7) is 3.84. The van der Waals surface area contributed by atoms with E-state index in [0.29, 0.717) is 11.4 Å². The minimum Gasteiger partial charge on any atom is -0.326 e. The van der Waals surface area contributed by atoms with Gasteiger partial charge in [0.25, 0.3) is 0 Å². The molecule has 0 saturated heterocycles. The van der Waals surface area contributed by atoms with Gasteiger partial charge >= 0.3 is 0 Å². The fraction of sp³-hybridized carbons (Fsp3) is 0.111. The van der Waals surface area contributed by atoms with Crippen molar-refractivity contribution in [1.82, 2.24) is 10.9 Å². The number of anilines is 1. The first-order chi connectivity index (χ1) is 11.1. The standard InChI is InChI=1S/C18H19N3O2/c1-14(15-8-4-2-5-9-15)20-21-18(23)13-12-17(22)19-16-10-6-3-7-11-16/h2-11,20H,1,12-13H2,(H,19,22)(H,21,23). The van der Waals surface area contributed by atoms with E-state index in [1.807, 2.05) is 48.5 Å². The molecule has 0 fully saturated rings.